The third-order valence-corrected chi connectivity index (χ3v) is 6.13. The topological polar surface area (TPSA) is 71.0 Å². The van der Waals surface area contributed by atoms with Crippen LogP contribution in [0.25, 0.3) is 12.2 Å². The van der Waals surface area contributed by atoms with E-state index in [2.05, 4.69) is 78.8 Å². The molecule has 3 atom stereocenters. The predicted octanol–water partition coefficient (Wildman–Crippen LogP) is 3.17. The van der Waals surface area contributed by atoms with E-state index in [1.165, 1.54) is 5.57 Å². The van der Waals surface area contributed by atoms with Crippen molar-refractivity contribution in [3.05, 3.63) is 82.0 Å². The van der Waals surface area contributed by atoms with Crippen LogP contribution < -0.4 is 16.0 Å². The van der Waals surface area contributed by atoms with Crippen LogP contribution in [0.4, 0.5) is 0 Å². The molecule has 1 aromatic rings. The van der Waals surface area contributed by atoms with E-state index >= 15 is 0 Å². The van der Waals surface area contributed by atoms with Crippen LogP contribution in [0.3, 0.4) is 0 Å². The van der Waals surface area contributed by atoms with E-state index in [1.54, 1.807) is 7.11 Å². The standard InChI is InChI=1S/C27H30N4O2/c1-4-5-27(32-3)33-17(2)25-15-24-14-22-9-8-20(29-22)12-18-6-7-19(28-18)13-21-10-11-23(30-21)16-26(25)31-24/h6-14,16-17,24,27-28,31H,4-5,15H2,1-3H3. The highest BCUT2D eigenvalue weighted by Gasteiger charge is 2.27. The van der Waals surface area contributed by atoms with Gasteiger partial charge in [0, 0.05) is 23.5 Å². The molecule has 0 aliphatic carbocycles. The molecular weight excluding hydrogens is 412 g/mol. The summed E-state index contributed by atoms with van der Waals surface area (Å²) in [6, 6.07) is 4.26. The molecule has 1 aromatic heterocycles. The zero-order valence-electron chi connectivity index (χ0n) is 19.3. The number of hydrogen-bond acceptors (Lipinski definition) is 5. The largest absolute Gasteiger partial charge is 0.378 e. The monoisotopic (exact) mass is 442 g/mol. The first-order chi connectivity index (χ1) is 16.1. The predicted molar refractivity (Wildman–Crippen MR) is 133 cm³/mol. The Labute approximate surface area is 194 Å². The molecule has 8 bridgehead atoms. The van der Waals surface area contributed by atoms with Gasteiger partial charge in [-0.15, -0.1) is 0 Å². The van der Waals surface area contributed by atoms with Crippen molar-refractivity contribution in [2.45, 2.75) is 51.5 Å². The number of fused-ring (bicyclic) bond motifs is 6. The van der Waals surface area contributed by atoms with Crippen LogP contribution in [0.5, 0.6) is 0 Å². The fourth-order valence-electron chi connectivity index (χ4n) is 4.49. The van der Waals surface area contributed by atoms with Crippen LogP contribution in [0.2, 0.25) is 0 Å². The van der Waals surface area contributed by atoms with Gasteiger partial charge in [0.05, 0.1) is 35.0 Å². The Morgan fingerprint density at radius 2 is 1.70 bits per heavy atom. The molecule has 0 radical (unpaired) electrons. The molecule has 3 unspecified atom stereocenters. The molecule has 0 saturated heterocycles. The number of ether oxygens (including phenoxy) is 2. The van der Waals surface area contributed by atoms with E-state index in [0.29, 0.717) is 0 Å². The molecule has 5 heterocycles. The van der Waals surface area contributed by atoms with Crippen molar-refractivity contribution in [2.75, 3.05) is 7.11 Å². The number of aromatic amines is 1. The number of methoxy groups -OCH3 is 1. The molecule has 0 aromatic carbocycles. The Morgan fingerprint density at radius 3 is 2.39 bits per heavy atom. The molecule has 6 heteroatoms. The van der Waals surface area contributed by atoms with Gasteiger partial charge in [0.25, 0.3) is 0 Å². The highest BCUT2D eigenvalue weighted by Crippen LogP contribution is 2.29. The first-order valence-corrected chi connectivity index (χ1v) is 11.6. The van der Waals surface area contributed by atoms with Gasteiger partial charge in [-0.05, 0) is 86.1 Å². The molecule has 33 heavy (non-hydrogen) atoms. The first kappa shape index (κ1) is 21.6. The molecule has 0 fully saturated rings. The summed E-state index contributed by atoms with van der Waals surface area (Å²) in [5.41, 5.74) is 6.03. The van der Waals surface area contributed by atoms with Crippen molar-refractivity contribution >= 4 is 23.6 Å². The molecule has 0 spiro atoms. The van der Waals surface area contributed by atoms with Crippen LogP contribution in [-0.2, 0) is 9.47 Å². The van der Waals surface area contributed by atoms with Gasteiger partial charge < -0.3 is 19.8 Å². The number of nitrogens with zero attached hydrogens (tertiary/aromatic N) is 2. The average Bonchev–Trinajstić information content (AvgIpc) is 3.58. The van der Waals surface area contributed by atoms with Gasteiger partial charge in [-0.25, -0.2) is 9.98 Å². The van der Waals surface area contributed by atoms with Gasteiger partial charge in [0.1, 0.15) is 0 Å². The SMILES string of the molecule is CCCC(OC)OC(C)C1=C2C=C3C=CC(=N3)C=c3ccc([nH]3)=CC3=NC(=CC(C1)N2)C=C3. The van der Waals surface area contributed by atoms with E-state index in [9.17, 15) is 0 Å². The first-order valence-electron chi connectivity index (χ1n) is 11.6. The number of allylic oxidation sites excluding steroid dienone is 5. The third kappa shape index (κ3) is 4.92. The minimum absolute atomic E-state index is 0.0738. The zero-order valence-corrected chi connectivity index (χ0v) is 19.3. The number of hydrogen-bond donors (Lipinski definition) is 2. The number of aliphatic imine (C=N–C) groups is 2. The molecule has 4 aliphatic heterocycles. The van der Waals surface area contributed by atoms with Crippen molar-refractivity contribution in [1.82, 2.24) is 10.3 Å². The van der Waals surface area contributed by atoms with Gasteiger partial charge >= 0.3 is 0 Å². The molecule has 4 aliphatic rings. The Kier molecular flexibility index (Phi) is 6.11. The number of nitrogens with one attached hydrogen (secondary N) is 2. The van der Waals surface area contributed by atoms with E-state index in [1.807, 2.05) is 6.08 Å². The highest BCUT2D eigenvalue weighted by atomic mass is 16.7. The summed E-state index contributed by atoms with van der Waals surface area (Å²) in [6.07, 6.45) is 19.1. The fourth-order valence-corrected chi connectivity index (χ4v) is 4.49. The average molecular weight is 443 g/mol. The summed E-state index contributed by atoms with van der Waals surface area (Å²) >= 11 is 0. The second-order valence-corrected chi connectivity index (χ2v) is 8.68. The lowest BCUT2D eigenvalue weighted by atomic mass is 10.0. The Morgan fingerprint density at radius 1 is 1.00 bits per heavy atom. The van der Waals surface area contributed by atoms with Crippen LogP contribution in [-0.4, -0.2) is 42.0 Å². The van der Waals surface area contributed by atoms with Crippen LogP contribution >= 0.6 is 0 Å². The van der Waals surface area contributed by atoms with E-state index in [0.717, 1.165) is 58.5 Å². The van der Waals surface area contributed by atoms with Crippen molar-refractivity contribution in [3.8, 4) is 0 Å². The van der Waals surface area contributed by atoms with Gasteiger partial charge in [-0.3, -0.25) is 0 Å². The third-order valence-electron chi connectivity index (χ3n) is 6.13. The molecule has 0 amide bonds. The Bertz CT molecular complexity index is 1270. The van der Waals surface area contributed by atoms with Crippen molar-refractivity contribution < 1.29 is 9.47 Å². The summed E-state index contributed by atoms with van der Waals surface area (Å²) in [5, 5.41) is 5.70. The van der Waals surface area contributed by atoms with Crippen molar-refractivity contribution in [2.24, 2.45) is 9.98 Å². The van der Waals surface area contributed by atoms with E-state index in [4.69, 9.17) is 19.5 Å². The molecular formula is C27H30N4O2. The lowest BCUT2D eigenvalue weighted by molar-refractivity contribution is -0.145. The van der Waals surface area contributed by atoms with Crippen LogP contribution in [0, 0.1) is 0 Å². The molecule has 170 valence electrons. The van der Waals surface area contributed by atoms with Crippen LogP contribution in [0.15, 0.2) is 81.2 Å². The summed E-state index contributed by atoms with van der Waals surface area (Å²) < 4.78 is 11.8. The second kappa shape index (κ2) is 9.33. The summed E-state index contributed by atoms with van der Waals surface area (Å²) in [4.78, 5) is 13.0. The Balaban J connectivity index is 1.53. The van der Waals surface area contributed by atoms with Gasteiger partial charge in [0.2, 0.25) is 0 Å². The maximum absolute atomic E-state index is 6.27. The smallest absolute Gasteiger partial charge is 0.157 e. The molecule has 0 saturated carbocycles. The summed E-state index contributed by atoms with van der Waals surface area (Å²) in [7, 11) is 1.71. The fraction of sp³-hybridized carbons (Fsp3) is 0.333. The summed E-state index contributed by atoms with van der Waals surface area (Å²) in [5.74, 6) is 0. The minimum atomic E-state index is -0.207. The minimum Gasteiger partial charge on any atom is -0.378 e. The number of H-pyrrole nitrogens is 1. The Hall–Kier alpha value is -3.22. The van der Waals surface area contributed by atoms with Crippen molar-refractivity contribution in [3.63, 3.8) is 0 Å². The van der Waals surface area contributed by atoms with E-state index in [-0.39, 0.29) is 18.4 Å². The normalized spacial score (nSPS) is 22.7. The van der Waals surface area contributed by atoms with Crippen LogP contribution in [0.1, 0.15) is 33.1 Å². The maximum atomic E-state index is 6.27. The second-order valence-electron chi connectivity index (χ2n) is 8.68. The lowest BCUT2D eigenvalue weighted by Crippen LogP contribution is -2.23. The quantitative estimate of drug-likeness (QED) is 0.665. The number of rotatable bonds is 6. The highest BCUT2D eigenvalue weighted by molar-refractivity contribution is 6.20. The van der Waals surface area contributed by atoms with E-state index < -0.39 is 0 Å². The summed E-state index contributed by atoms with van der Waals surface area (Å²) in [6.45, 7) is 4.24. The lowest BCUT2D eigenvalue weighted by Gasteiger charge is -2.22. The van der Waals surface area contributed by atoms with Gasteiger partial charge in [0.15, 0.2) is 6.29 Å². The molecule has 6 nitrogen and oxygen atoms in total. The van der Waals surface area contributed by atoms with Crippen molar-refractivity contribution in [1.29, 1.82) is 0 Å². The molecule has 2 N–H and O–H groups in total. The van der Waals surface area contributed by atoms with Gasteiger partial charge in [-0.2, -0.15) is 0 Å². The van der Waals surface area contributed by atoms with Gasteiger partial charge in [-0.1, -0.05) is 13.3 Å². The molecule has 5 rings (SSSR count). The maximum Gasteiger partial charge on any atom is 0.157 e. The number of aromatic nitrogens is 1. The zero-order chi connectivity index (χ0) is 22.8.